The number of nitrogens with zero attached hydrogens (tertiary/aromatic N) is 4. The molecule has 1 aliphatic carbocycles. The Balaban J connectivity index is 1.35. The number of carbonyl (C=O) groups is 1. The highest BCUT2D eigenvalue weighted by Gasteiger charge is 2.33. The van der Waals surface area contributed by atoms with Crippen molar-refractivity contribution >= 4 is 23.0 Å². The van der Waals surface area contributed by atoms with Crippen LogP contribution in [-0.2, 0) is 17.6 Å². The van der Waals surface area contributed by atoms with Gasteiger partial charge in [-0.1, -0.05) is 18.2 Å². The predicted molar refractivity (Wildman–Crippen MR) is 161 cm³/mol. The molecule has 1 amide bonds. The molecule has 6 rings (SSSR count). The van der Waals surface area contributed by atoms with Gasteiger partial charge in [0.2, 0.25) is 0 Å². The number of para-hydroxylation sites is 1. The fraction of sp³-hybridized carbons (Fsp3) is 0.424. The largest absolute Gasteiger partial charge is 0.507 e. The number of morpholine rings is 1. The molecule has 3 aliphatic rings. The minimum atomic E-state index is -0.153. The third kappa shape index (κ3) is 5.28. The zero-order valence-electron chi connectivity index (χ0n) is 23.7. The van der Waals surface area contributed by atoms with Crippen molar-refractivity contribution in [2.24, 2.45) is 0 Å². The summed E-state index contributed by atoms with van der Waals surface area (Å²) in [4.78, 5) is 23.3. The van der Waals surface area contributed by atoms with Crippen molar-refractivity contribution in [3.63, 3.8) is 0 Å². The highest BCUT2D eigenvalue weighted by Crippen LogP contribution is 2.37. The average Bonchev–Trinajstić information content (AvgIpc) is 2.99. The molecule has 1 unspecified atom stereocenters. The number of anilines is 3. The zero-order valence-corrected chi connectivity index (χ0v) is 23.7. The maximum Gasteiger partial charge on any atom is 0.262 e. The Morgan fingerprint density at radius 1 is 0.875 bits per heavy atom. The number of piperazine rings is 1. The van der Waals surface area contributed by atoms with Crippen LogP contribution < -0.4 is 14.7 Å². The van der Waals surface area contributed by atoms with Crippen LogP contribution in [-0.4, -0.2) is 81.5 Å². The molecule has 1 N–H and O–H groups in total. The van der Waals surface area contributed by atoms with E-state index >= 15 is 0 Å². The quantitative estimate of drug-likeness (QED) is 0.515. The number of fused-ring (bicyclic) bond motifs is 1. The first-order valence-corrected chi connectivity index (χ1v) is 14.6. The van der Waals surface area contributed by atoms with Crippen LogP contribution in [0.4, 0.5) is 17.1 Å². The first-order valence-electron chi connectivity index (χ1n) is 14.6. The molecule has 0 bridgehead atoms. The summed E-state index contributed by atoms with van der Waals surface area (Å²) in [6, 6.07) is 19.8. The Morgan fingerprint density at radius 2 is 1.60 bits per heavy atom. The van der Waals surface area contributed by atoms with E-state index in [4.69, 9.17) is 4.74 Å². The van der Waals surface area contributed by atoms with Crippen LogP contribution in [0.5, 0.6) is 5.75 Å². The summed E-state index contributed by atoms with van der Waals surface area (Å²) in [5, 5.41) is 10.6. The molecule has 0 saturated carbocycles. The molecule has 0 radical (unpaired) electrons. The molecular weight excluding hydrogens is 500 g/mol. The molecule has 2 aliphatic heterocycles. The minimum absolute atomic E-state index is 0.0122. The lowest BCUT2D eigenvalue weighted by molar-refractivity contribution is 0.0971. The van der Waals surface area contributed by atoms with Crippen molar-refractivity contribution in [3.8, 4) is 5.75 Å². The van der Waals surface area contributed by atoms with E-state index in [9.17, 15) is 9.90 Å². The van der Waals surface area contributed by atoms with Crippen LogP contribution >= 0.6 is 0 Å². The number of aryl methyl sites for hydroxylation is 1. The molecule has 1 atom stereocenters. The Hall–Kier alpha value is -3.55. The molecule has 2 fully saturated rings. The van der Waals surface area contributed by atoms with E-state index in [2.05, 4.69) is 65.1 Å². The van der Waals surface area contributed by atoms with Crippen molar-refractivity contribution < 1.29 is 14.6 Å². The van der Waals surface area contributed by atoms with Gasteiger partial charge in [-0.2, -0.15) is 0 Å². The number of likely N-dealkylation sites (N-methyl/N-ethyl adjacent to an activating group) is 1. The molecule has 7 nitrogen and oxygen atoms in total. The maximum absolute atomic E-state index is 14.2. The van der Waals surface area contributed by atoms with Gasteiger partial charge in [0.05, 0.1) is 18.8 Å². The van der Waals surface area contributed by atoms with Gasteiger partial charge in [0.25, 0.3) is 5.91 Å². The minimum Gasteiger partial charge on any atom is -0.507 e. The molecule has 40 heavy (non-hydrogen) atoms. The summed E-state index contributed by atoms with van der Waals surface area (Å²) in [6.07, 6.45) is 2.61. The van der Waals surface area contributed by atoms with Gasteiger partial charge in [-0.15, -0.1) is 0 Å². The highest BCUT2D eigenvalue weighted by molar-refractivity contribution is 6.08. The first-order chi connectivity index (χ1) is 19.5. The van der Waals surface area contributed by atoms with Crippen molar-refractivity contribution in [2.45, 2.75) is 32.2 Å². The summed E-state index contributed by atoms with van der Waals surface area (Å²) < 4.78 is 5.53. The fourth-order valence-electron chi connectivity index (χ4n) is 6.51. The monoisotopic (exact) mass is 540 g/mol. The van der Waals surface area contributed by atoms with Gasteiger partial charge in [-0.25, -0.2) is 0 Å². The number of hydrogen-bond acceptors (Lipinski definition) is 6. The summed E-state index contributed by atoms with van der Waals surface area (Å²) in [5.74, 6) is -0.132. The molecule has 3 aromatic carbocycles. The molecule has 2 saturated heterocycles. The van der Waals surface area contributed by atoms with E-state index in [1.54, 1.807) is 18.2 Å². The van der Waals surface area contributed by atoms with Crippen molar-refractivity contribution in [1.29, 1.82) is 0 Å². The second-order valence-corrected chi connectivity index (χ2v) is 11.4. The van der Waals surface area contributed by atoms with Gasteiger partial charge < -0.3 is 29.4 Å². The molecule has 3 aromatic rings. The lowest BCUT2D eigenvalue weighted by Crippen LogP contribution is -2.46. The molecule has 0 aromatic heterocycles. The fourth-order valence-corrected chi connectivity index (χ4v) is 6.51. The average molecular weight is 541 g/mol. The second-order valence-electron chi connectivity index (χ2n) is 11.4. The van der Waals surface area contributed by atoms with Gasteiger partial charge in [-0.3, -0.25) is 4.79 Å². The number of benzene rings is 3. The maximum atomic E-state index is 14.2. The lowest BCUT2D eigenvalue weighted by Gasteiger charge is -2.40. The molecular formula is C33H40N4O3. The van der Waals surface area contributed by atoms with Gasteiger partial charge in [-0.05, 0) is 92.4 Å². The summed E-state index contributed by atoms with van der Waals surface area (Å²) >= 11 is 0. The number of hydrogen-bond donors (Lipinski definition) is 1. The third-order valence-corrected chi connectivity index (χ3v) is 8.87. The SMILES string of the molecule is Cc1ccc(N2CCN(C)CC2)c2c1CCC(N(C(=O)c1ccccc1O)c1ccc(N3CCOCC3)cc1)C2. The smallest absolute Gasteiger partial charge is 0.262 e. The van der Waals surface area contributed by atoms with E-state index in [1.165, 1.54) is 22.4 Å². The van der Waals surface area contributed by atoms with Crippen molar-refractivity contribution in [1.82, 2.24) is 4.90 Å². The Morgan fingerprint density at radius 3 is 2.33 bits per heavy atom. The summed E-state index contributed by atoms with van der Waals surface area (Å²) in [6.45, 7) is 9.55. The Labute approximate surface area is 237 Å². The van der Waals surface area contributed by atoms with Crippen molar-refractivity contribution in [3.05, 3.63) is 82.9 Å². The number of rotatable bonds is 5. The third-order valence-electron chi connectivity index (χ3n) is 8.87. The van der Waals surface area contributed by atoms with E-state index < -0.39 is 0 Å². The van der Waals surface area contributed by atoms with E-state index in [0.717, 1.165) is 83.1 Å². The highest BCUT2D eigenvalue weighted by atomic mass is 16.5. The predicted octanol–water partition coefficient (Wildman–Crippen LogP) is 4.49. The van der Waals surface area contributed by atoms with Crippen LogP contribution in [0.1, 0.15) is 33.5 Å². The number of amides is 1. The number of aromatic hydroxyl groups is 1. The molecule has 2 heterocycles. The van der Waals surface area contributed by atoms with Crippen LogP contribution in [0.15, 0.2) is 60.7 Å². The number of ether oxygens (including phenoxy) is 1. The Kier molecular flexibility index (Phi) is 7.67. The van der Waals surface area contributed by atoms with Crippen LogP contribution in [0.2, 0.25) is 0 Å². The lowest BCUT2D eigenvalue weighted by atomic mass is 9.83. The van der Waals surface area contributed by atoms with E-state index in [-0.39, 0.29) is 17.7 Å². The van der Waals surface area contributed by atoms with Gasteiger partial charge in [0.1, 0.15) is 5.75 Å². The number of phenolic OH excluding ortho intramolecular Hbond substituents is 1. The standard InChI is InChI=1S/C33H40N4O3/c1-24-7-14-31(36-17-15-34(2)16-18-36)30-23-27(12-13-28(24)30)37(33(39)29-5-3-4-6-32(29)38)26-10-8-25(9-11-26)35-19-21-40-22-20-35/h3-11,14,27,38H,12-13,15-23H2,1-2H3. The van der Waals surface area contributed by atoms with Crippen molar-refractivity contribution in [2.75, 3.05) is 74.2 Å². The summed E-state index contributed by atoms with van der Waals surface area (Å²) in [7, 11) is 2.19. The number of phenols is 1. The van der Waals surface area contributed by atoms with E-state index in [1.807, 2.05) is 11.0 Å². The zero-order chi connectivity index (χ0) is 27.6. The van der Waals surface area contributed by atoms with Gasteiger partial charge >= 0.3 is 0 Å². The molecule has 210 valence electrons. The van der Waals surface area contributed by atoms with Crippen LogP contribution in [0, 0.1) is 6.92 Å². The normalized spacial score (nSPS) is 19.8. The van der Waals surface area contributed by atoms with E-state index in [0.29, 0.717) is 5.56 Å². The topological polar surface area (TPSA) is 59.5 Å². The van der Waals surface area contributed by atoms with Crippen LogP contribution in [0.25, 0.3) is 0 Å². The second kappa shape index (κ2) is 11.5. The van der Waals surface area contributed by atoms with Gasteiger partial charge in [0.15, 0.2) is 0 Å². The van der Waals surface area contributed by atoms with Crippen LogP contribution in [0.3, 0.4) is 0 Å². The molecule has 7 heteroatoms. The number of carbonyl (C=O) groups excluding carboxylic acids is 1. The summed E-state index contributed by atoms with van der Waals surface area (Å²) in [5.41, 5.74) is 7.81. The Bertz CT molecular complexity index is 1340. The first kappa shape index (κ1) is 26.7. The molecule has 0 spiro atoms. The van der Waals surface area contributed by atoms with Gasteiger partial charge in [0, 0.05) is 62.4 Å².